The highest BCUT2D eigenvalue weighted by atomic mass is 32.1. The summed E-state index contributed by atoms with van der Waals surface area (Å²) in [5.41, 5.74) is 4.22. The largest absolute Gasteiger partial charge is 0.494 e. The Labute approximate surface area is 279 Å². The Morgan fingerprint density at radius 2 is 1.67 bits per heavy atom. The third kappa shape index (κ3) is 6.79. The van der Waals surface area contributed by atoms with Crippen molar-refractivity contribution in [2.75, 3.05) is 6.61 Å². The first-order valence-electron chi connectivity index (χ1n) is 15.5. The second kappa shape index (κ2) is 13.9. The lowest BCUT2D eigenvalue weighted by atomic mass is 10.1. The van der Waals surface area contributed by atoms with E-state index in [0.717, 1.165) is 34.5 Å². The van der Waals surface area contributed by atoms with Gasteiger partial charge >= 0.3 is 0 Å². The van der Waals surface area contributed by atoms with Gasteiger partial charge in [-0.25, -0.2) is 9.07 Å². The van der Waals surface area contributed by atoms with E-state index in [1.807, 2.05) is 97.2 Å². The van der Waals surface area contributed by atoms with Gasteiger partial charge in [0, 0.05) is 22.9 Å². The van der Waals surface area contributed by atoms with Crippen LogP contribution in [0.3, 0.4) is 0 Å². The van der Waals surface area contributed by atoms with Gasteiger partial charge in [-0.15, -0.1) is 5.10 Å². The normalized spacial score (nSPS) is 11.9. The van der Waals surface area contributed by atoms with E-state index in [9.17, 15) is 9.18 Å². The molecule has 48 heavy (non-hydrogen) atoms. The second-order valence-electron chi connectivity index (χ2n) is 11.0. The smallest absolute Gasteiger partial charge is 0.291 e. The van der Waals surface area contributed by atoms with Crippen molar-refractivity contribution >= 4 is 34.5 Å². The van der Waals surface area contributed by atoms with Crippen LogP contribution in [0, 0.1) is 5.82 Å². The number of hydrogen-bond acceptors (Lipinski definition) is 7. The quantitative estimate of drug-likeness (QED) is 0.146. The van der Waals surface area contributed by atoms with E-state index >= 15 is 0 Å². The van der Waals surface area contributed by atoms with Gasteiger partial charge in [-0.2, -0.15) is 14.6 Å². The van der Waals surface area contributed by atoms with Crippen LogP contribution in [0.25, 0.3) is 40.1 Å². The Bertz CT molecular complexity index is 2330. The monoisotopic (exact) mass is 655 g/mol. The Morgan fingerprint density at radius 3 is 2.46 bits per heavy atom. The highest BCUT2D eigenvalue weighted by molar-refractivity contribution is 7.15. The number of para-hydroxylation sites is 1. The van der Waals surface area contributed by atoms with E-state index in [-0.39, 0.29) is 18.0 Å². The Morgan fingerprint density at radius 1 is 0.854 bits per heavy atom. The van der Waals surface area contributed by atoms with Crippen LogP contribution < -0.4 is 19.6 Å². The zero-order valence-electron chi connectivity index (χ0n) is 26.0. The first-order chi connectivity index (χ1) is 23.5. The van der Waals surface area contributed by atoms with E-state index in [4.69, 9.17) is 14.6 Å². The number of benzene rings is 4. The van der Waals surface area contributed by atoms with Crippen LogP contribution in [-0.2, 0) is 6.61 Å². The van der Waals surface area contributed by atoms with E-state index in [0.29, 0.717) is 38.9 Å². The van der Waals surface area contributed by atoms with Gasteiger partial charge < -0.3 is 9.47 Å². The predicted octanol–water partition coefficient (Wildman–Crippen LogP) is 7.23. The van der Waals surface area contributed by atoms with Crippen LogP contribution in [0.15, 0.2) is 114 Å². The average Bonchev–Trinajstić information content (AvgIpc) is 3.81. The number of aromatic nitrogens is 5. The Kier molecular flexibility index (Phi) is 8.88. The van der Waals surface area contributed by atoms with Crippen molar-refractivity contribution in [2.45, 2.75) is 20.0 Å². The summed E-state index contributed by atoms with van der Waals surface area (Å²) in [7, 11) is 0. The Hall–Kier alpha value is -5.87. The number of thiazole rings is 1. The van der Waals surface area contributed by atoms with Gasteiger partial charge in [0.1, 0.15) is 29.6 Å². The highest BCUT2D eigenvalue weighted by Crippen LogP contribution is 2.28. The maximum atomic E-state index is 14.2. The lowest BCUT2D eigenvalue weighted by Crippen LogP contribution is -2.23. The summed E-state index contributed by atoms with van der Waals surface area (Å²) in [5, 5.41) is 9.35. The molecule has 0 aliphatic heterocycles. The summed E-state index contributed by atoms with van der Waals surface area (Å²) in [6.07, 6.45) is 8.34. The minimum atomic E-state index is -0.316. The summed E-state index contributed by atoms with van der Waals surface area (Å²) >= 11 is 1.26. The maximum absolute atomic E-state index is 14.2. The van der Waals surface area contributed by atoms with Gasteiger partial charge in [0.2, 0.25) is 4.96 Å². The molecule has 0 aliphatic carbocycles. The van der Waals surface area contributed by atoms with Crippen molar-refractivity contribution in [2.24, 2.45) is 0 Å². The molecule has 0 saturated heterocycles. The minimum Gasteiger partial charge on any atom is -0.494 e. The number of rotatable bonds is 11. The molecular weight excluding hydrogens is 626 g/mol. The molecule has 0 spiro atoms. The molecule has 0 amide bonds. The highest BCUT2D eigenvalue weighted by Gasteiger charge is 2.15. The van der Waals surface area contributed by atoms with Gasteiger partial charge in [-0.3, -0.25) is 4.79 Å². The molecule has 0 saturated carbocycles. The van der Waals surface area contributed by atoms with Crippen LogP contribution in [0.2, 0.25) is 0 Å². The van der Waals surface area contributed by atoms with E-state index in [1.54, 1.807) is 29.0 Å². The molecule has 4 aromatic carbocycles. The van der Waals surface area contributed by atoms with Gasteiger partial charge in [0.25, 0.3) is 5.56 Å². The van der Waals surface area contributed by atoms with E-state index in [2.05, 4.69) is 17.0 Å². The van der Waals surface area contributed by atoms with Crippen molar-refractivity contribution in [1.29, 1.82) is 0 Å². The van der Waals surface area contributed by atoms with Crippen molar-refractivity contribution in [1.82, 2.24) is 24.4 Å². The van der Waals surface area contributed by atoms with Crippen molar-refractivity contribution < 1.29 is 13.9 Å². The van der Waals surface area contributed by atoms with Crippen molar-refractivity contribution in [3.8, 4) is 28.4 Å². The molecule has 0 aliphatic rings. The SMILES string of the molecule is CCCOc1ccc(/C=C/c2nc3s/c(=C\c4cn(-c5ccccc5)nc4-c4cccc(OCc5ccccc5F)c4)c(=O)n3n2)cc1. The first kappa shape index (κ1) is 30.8. The van der Waals surface area contributed by atoms with Gasteiger partial charge in [-0.1, -0.05) is 85.0 Å². The first-order valence-corrected chi connectivity index (χ1v) is 16.3. The number of halogens is 1. The van der Waals surface area contributed by atoms with Crippen LogP contribution in [0.5, 0.6) is 11.5 Å². The van der Waals surface area contributed by atoms with Gasteiger partial charge in [-0.05, 0) is 66.6 Å². The van der Waals surface area contributed by atoms with Gasteiger partial charge in [0.05, 0.1) is 16.8 Å². The van der Waals surface area contributed by atoms with Crippen LogP contribution >= 0.6 is 11.3 Å². The zero-order valence-corrected chi connectivity index (χ0v) is 26.8. The van der Waals surface area contributed by atoms with Crippen LogP contribution in [0.4, 0.5) is 4.39 Å². The Balaban J connectivity index is 1.19. The molecule has 0 N–H and O–H groups in total. The number of ether oxygens (including phenoxy) is 2. The molecule has 0 atom stereocenters. The fourth-order valence-electron chi connectivity index (χ4n) is 5.07. The molecule has 3 aromatic heterocycles. The fourth-order valence-corrected chi connectivity index (χ4v) is 5.97. The fraction of sp³-hybridized carbons (Fsp3) is 0.105. The van der Waals surface area contributed by atoms with Crippen LogP contribution in [0.1, 0.15) is 35.9 Å². The molecule has 8 nitrogen and oxygen atoms in total. The second-order valence-corrected chi connectivity index (χ2v) is 12.0. The number of nitrogens with zero attached hydrogens (tertiary/aromatic N) is 5. The molecule has 7 rings (SSSR count). The third-order valence-corrected chi connectivity index (χ3v) is 8.44. The summed E-state index contributed by atoms with van der Waals surface area (Å²) in [4.78, 5) is 18.6. The van der Waals surface area contributed by atoms with E-state index < -0.39 is 0 Å². The molecule has 7 aromatic rings. The standard InChI is InChI=1S/C38H30FN5O3S/c1-2-21-46-31-18-15-26(16-19-31)17-20-35-40-38-44(41-35)37(45)34(48-38)23-29-24-43(30-11-4-3-5-12-30)42-36(29)27-10-8-13-32(22-27)47-25-28-9-6-7-14-33(28)39/h3-20,22-24H,2,21,25H2,1H3/b20-17+,34-23-. The van der Waals surface area contributed by atoms with Gasteiger partial charge in [0.15, 0.2) is 5.82 Å². The summed E-state index contributed by atoms with van der Waals surface area (Å²) in [6, 6.07) is 31.5. The summed E-state index contributed by atoms with van der Waals surface area (Å²) < 4.78 is 29.4. The third-order valence-electron chi connectivity index (χ3n) is 7.49. The molecule has 238 valence electrons. The molecule has 0 fully saturated rings. The molecule has 3 heterocycles. The molecule has 0 bridgehead atoms. The topological polar surface area (TPSA) is 83.5 Å². The molecular formula is C38H30FN5O3S. The number of fused-ring (bicyclic) bond motifs is 1. The predicted molar refractivity (Wildman–Crippen MR) is 187 cm³/mol. The lowest BCUT2D eigenvalue weighted by Gasteiger charge is -2.08. The van der Waals surface area contributed by atoms with Crippen molar-refractivity contribution in [3.05, 3.63) is 153 Å². The minimum absolute atomic E-state index is 0.0898. The average molecular weight is 656 g/mol. The van der Waals surface area contributed by atoms with Crippen molar-refractivity contribution in [3.63, 3.8) is 0 Å². The summed E-state index contributed by atoms with van der Waals surface area (Å²) in [6.45, 7) is 2.84. The molecule has 10 heteroatoms. The summed E-state index contributed by atoms with van der Waals surface area (Å²) in [5.74, 6) is 1.53. The van der Waals surface area contributed by atoms with E-state index in [1.165, 1.54) is 21.9 Å². The lowest BCUT2D eigenvalue weighted by molar-refractivity contribution is 0.300. The molecule has 0 unspecified atom stereocenters. The maximum Gasteiger partial charge on any atom is 0.291 e. The zero-order chi connectivity index (χ0) is 32.9. The van der Waals surface area contributed by atoms with Crippen LogP contribution in [-0.4, -0.2) is 31.0 Å². The molecule has 0 radical (unpaired) electrons. The number of hydrogen-bond donors (Lipinski definition) is 0.